The zero-order valence-corrected chi connectivity index (χ0v) is 18.1. The molecule has 3 rings (SSSR count). The molecular weight excluding hydrogens is 388 g/mol. The molecule has 1 fully saturated rings. The second-order valence-corrected chi connectivity index (χ2v) is 7.64. The van der Waals surface area contributed by atoms with Gasteiger partial charge in [-0.2, -0.15) is 0 Å². The molecule has 2 aromatic rings. The molecule has 0 unspecified atom stereocenters. The number of hydrogen-bond acceptors (Lipinski definition) is 4. The van der Waals surface area contributed by atoms with Crippen molar-refractivity contribution in [1.82, 2.24) is 15.2 Å². The maximum atomic E-state index is 12.6. The van der Waals surface area contributed by atoms with Gasteiger partial charge < -0.3 is 29.6 Å². The van der Waals surface area contributed by atoms with Crippen LogP contribution in [0, 0.1) is 0 Å². The fourth-order valence-electron chi connectivity index (χ4n) is 3.65. The molecule has 1 aliphatic heterocycles. The Kier molecular flexibility index (Phi) is 7.85. The lowest BCUT2D eigenvalue weighted by molar-refractivity contribution is -0.908. The normalized spacial score (nSPS) is 14.7. The van der Waals surface area contributed by atoms with Crippen LogP contribution in [-0.2, 0) is 11.3 Å². The van der Waals surface area contributed by atoms with Crippen LogP contribution >= 0.6 is 12.2 Å². The summed E-state index contributed by atoms with van der Waals surface area (Å²) in [6.45, 7) is 8.72. The molecule has 2 heterocycles. The number of hydrogen-bond donors (Lipinski definition) is 3. The lowest BCUT2D eigenvalue weighted by Gasteiger charge is -2.27. The minimum atomic E-state index is -0.0793. The summed E-state index contributed by atoms with van der Waals surface area (Å²) in [5, 5.41) is 4.67. The van der Waals surface area contributed by atoms with E-state index in [0.29, 0.717) is 23.8 Å². The van der Waals surface area contributed by atoms with Crippen LogP contribution in [0.2, 0.25) is 0 Å². The molecule has 0 amide bonds. The lowest BCUT2D eigenvalue weighted by atomic mass is 10.1. The Morgan fingerprint density at radius 2 is 2.14 bits per heavy atom. The van der Waals surface area contributed by atoms with Gasteiger partial charge in [0, 0.05) is 36.5 Å². The van der Waals surface area contributed by atoms with Gasteiger partial charge in [-0.15, -0.1) is 0 Å². The Balaban J connectivity index is 1.71. The van der Waals surface area contributed by atoms with Gasteiger partial charge in [0.05, 0.1) is 32.9 Å². The Bertz CT molecular complexity index is 880. The summed E-state index contributed by atoms with van der Waals surface area (Å²) in [5.41, 5.74) is 1.42. The van der Waals surface area contributed by atoms with Gasteiger partial charge in [0.1, 0.15) is 18.8 Å². The fourth-order valence-corrected chi connectivity index (χ4v) is 3.81. The Labute approximate surface area is 177 Å². The first-order chi connectivity index (χ1) is 14.1. The molecule has 29 heavy (non-hydrogen) atoms. The van der Waals surface area contributed by atoms with Crippen molar-refractivity contribution in [2.24, 2.45) is 0 Å². The number of quaternary nitrogens is 1. The number of thiocarbonyl (C=S) groups is 1. The minimum Gasteiger partial charge on any atom is -0.494 e. The smallest absolute Gasteiger partial charge is 0.253 e. The summed E-state index contributed by atoms with van der Waals surface area (Å²) in [5.74, 6) is 0.800. The van der Waals surface area contributed by atoms with E-state index in [1.807, 2.05) is 38.2 Å². The van der Waals surface area contributed by atoms with Crippen molar-refractivity contribution in [1.29, 1.82) is 0 Å². The predicted molar refractivity (Wildman–Crippen MR) is 119 cm³/mol. The second-order valence-electron chi connectivity index (χ2n) is 7.25. The molecule has 3 N–H and O–H groups in total. The average Bonchev–Trinajstić information content (AvgIpc) is 2.74. The topological polar surface area (TPSA) is 71.0 Å². The van der Waals surface area contributed by atoms with Crippen LogP contribution in [0.5, 0.6) is 5.75 Å². The summed E-state index contributed by atoms with van der Waals surface area (Å²) >= 11 is 5.50. The average molecular weight is 420 g/mol. The van der Waals surface area contributed by atoms with E-state index in [2.05, 4.69) is 15.2 Å². The summed E-state index contributed by atoms with van der Waals surface area (Å²) < 4.78 is 11.0. The van der Waals surface area contributed by atoms with Gasteiger partial charge in [-0.1, -0.05) is 0 Å². The van der Waals surface area contributed by atoms with Crippen molar-refractivity contribution in [2.75, 3.05) is 53.0 Å². The number of morpholine rings is 1. The van der Waals surface area contributed by atoms with Crippen LogP contribution < -0.4 is 20.5 Å². The quantitative estimate of drug-likeness (QED) is 0.543. The van der Waals surface area contributed by atoms with Gasteiger partial charge in [-0.25, -0.2) is 0 Å². The van der Waals surface area contributed by atoms with Gasteiger partial charge in [0.2, 0.25) is 0 Å². The standard InChI is InChI=1S/C21H30N4O3S/c1-3-28-18-5-6-19-16(14-18)13-17(20(26)23-19)15-25(21(29)22-2)8-4-7-24-9-11-27-12-10-24/h5-6,13-14H,3-4,7-12,15H2,1-2H3,(H,22,29)(H,23,26)/p+1. The molecule has 0 atom stereocenters. The van der Waals surface area contributed by atoms with Crippen molar-refractivity contribution in [2.45, 2.75) is 19.9 Å². The number of rotatable bonds is 8. The molecule has 158 valence electrons. The van der Waals surface area contributed by atoms with Gasteiger partial charge in [-0.3, -0.25) is 4.79 Å². The molecular formula is C21H31N4O3S+. The van der Waals surface area contributed by atoms with Crippen molar-refractivity contribution in [3.63, 3.8) is 0 Å². The molecule has 0 saturated carbocycles. The number of aromatic nitrogens is 1. The van der Waals surface area contributed by atoms with Crippen molar-refractivity contribution in [3.05, 3.63) is 40.2 Å². The van der Waals surface area contributed by atoms with Crippen LogP contribution in [0.1, 0.15) is 18.9 Å². The van der Waals surface area contributed by atoms with Gasteiger partial charge in [0.25, 0.3) is 5.56 Å². The molecule has 1 aliphatic rings. The van der Waals surface area contributed by atoms with Crippen LogP contribution in [-0.4, -0.2) is 68.0 Å². The van der Waals surface area contributed by atoms with E-state index in [0.717, 1.165) is 62.5 Å². The fraction of sp³-hybridized carbons (Fsp3) is 0.524. The number of pyridine rings is 1. The minimum absolute atomic E-state index is 0.0793. The third-order valence-corrected chi connectivity index (χ3v) is 5.69. The highest BCUT2D eigenvalue weighted by Crippen LogP contribution is 2.19. The molecule has 0 radical (unpaired) electrons. The number of benzene rings is 1. The third kappa shape index (κ3) is 5.91. The van der Waals surface area contributed by atoms with Crippen LogP contribution in [0.3, 0.4) is 0 Å². The number of fused-ring (bicyclic) bond motifs is 1. The highest BCUT2D eigenvalue weighted by molar-refractivity contribution is 7.80. The molecule has 0 spiro atoms. The van der Waals surface area contributed by atoms with Crippen LogP contribution in [0.15, 0.2) is 29.1 Å². The summed E-state index contributed by atoms with van der Waals surface area (Å²) in [4.78, 5) is 19.2. The predicted octanol–water partition coefficient (Wildman–Crippen LogP) is 0.538. The first kappa shape index (κ1) is 21.5. The van der Waals surface area contributed by atoms with Gasteiger partial charge in [-0.05, 0) is 43.4 Å². The second kappa shape index (κ2) is 10.6. The molecule has 0 bridgehead atoms. The van der Waals surface area contributed by atoms with E-state index in [4.69, 9.17) is 21.7 Å². The molecule has 1 aromatic heterocycles. The van der Waals surface area contributed by atoms with E-state index in [9.17, 15) is 4.79 Å². The van der Waals surface area contributed by atoms with Crippen LogP contribution in [0.25, 0.3) is 10.9 Å². The van der Waals surface area contributed by atoms with Gasteiger partial charge in [0.15, 0.2) is 5.11 Å². The lowest BCUT2D eigenvalue weighted by Crippen LogP contribution is -3.14. The molecule has 0 aliphatic carbocycles. The molecule has 7 nitrogen and oxygen atoms in total. The van der Waals surface area contributed by atoms with E-state index < -0.39 is 0 Å². The van der Waals surface area contributed by atoms with Crippen molar-refractivity contribution >= 4 is 28.2 Å². The highest BCUT2D eigenvalue weighted by Gasteiger charge is 2.16. The number of H-pyrrole nitrogens is 1. The molecule has 1 saturated heterocycles. The summed E-state index contributed by atoms with van der Waals surface area (Å²) in [7, 11) is 1.82. The summed E-state index contributed by atoms with van der Waals surface area (Å²) in [6.07, 6.45) is 1.01. The first-order valence-electron chi connectivity index (χ1n) is 10.3. The highest BCUT2D eigenvalue weighted by atomic mass is 32.1. The number of nitrogens with zero attached hydrogens (tertiary/aromatic N) is 1. The zero-order chi connectivity index (χ0) is 20.6. The largest absolute Gasteiger partial charge is 0.494 e. The SMILES string of the molecule is CCOc1ccc2[nH]c(=O)c(CN(CCC[NH+]3CCOCC3)C(=S)NC)cc2c1. The van der Waals surface area contributed by atoms with Crippen LogP contribution in [0.4, 0.5) is 0 Å². The number of ether oxygens (including phenoxy) is 2. The van der Waals surface area contributed by atoms with Crippen molar-refractivity contribution < 1.29 is 14.4 Å². The third-order valence-electron chi connectivity index (χ3n) is 5.22. The Morgan fingerprint density at radius 3 is 2.86 bits per heavy atom. The monoisotopic (exact) mass is 419 g/mol. The van der Waals surface area contributed by atoms with E-state index in [-0.39, 0.29) is 5.56 Å². The maximum absolute atomic E-state index is 12.6. The van der Waals surface area contributed by atoms with E-state index in [1.165, 1.54) is 0 Å². The molecule has 1 aromatic carbocycles. The van der Waals surface area contributed by atoms with E-state index in [1.54, 1.807) is 4.90 Å². The van der Waals surface area contributed by atoms with Gasteiger partial charge >= 0.3 is 0 Å². The van der Waals surface area contributed by atoms with Crippen molar-refractivity contribution in [3.8, 4) is 5.75 Å². The Hall–Kier alpha value is -2.16. The summed E-state index contributed by atoms with van der Waals surface area (Å²) in [6, 6.07) is 7.65. The van der Waals surface area contributed by atoms with E-state index >= 15 is 0 Å². The number of nitrogens with one attached hydrogen (secondary N) is 3. The zero-order valence-electron chi connectivity index (χ0n) is 17.3. The number of aromatic amines is 1. The first-order valence-corrected chi connectivity index (χ1v) is 10.7. The maximum Gasteiger partial charge on any atom is 0.253 e. The molecule has 8 heteroatoms. The Morgan fingerprint density at radius 1 is 1.34 bits per heavy atom.